The summed E-state index contributed by atoms with van der Waals surface area (Å²) in [4.78, 5) is 0. The van der Waals surface area contributed by atoms with Crippen molar-refractivity contribution in [2.75, 3.05) is 7.05 Å². The molecule has 0 bridgehead atoms. The van der Waals surface area contributed by atoms with Crippen LogP contribution in [0.4, 0.5) is 0 Å². The smallest absolute Gasteiger partial charge is 0.0574 e. The van der Waals surface area contributed by atoms with Crippen molar-refractivity contribution < 1.29 is 0 Å². The number of hydrogen-bond acceptors (Lipinski definition) is 1. The average molecular weight is 346 g/mol. The molecule has 2 aromatic carbocycles. The molecule has 2 heteroatoms. The number of benzene rings is 2. The van der Waals surface area contributed by atoms with Gasteiger partial charge in [0.25, 0.3) is 0 Å². The van der Waals surface area contributed by atoms with E-state index in [2.05, 4.69) is 78.4 Å². The van der Waals surface area contributed by atoms with Crippen LogP contribution < -0.4 is 5.32 Å². The maximum atomic E-state index is 3.65. The standard InChI is InChI=1S/C19H24BrN/c1-5-7-15-8-6-9-16(12-15)19(21-4)17-10-13(2)18(20)14(3)11-17/h6,8-12,19,21H,5,7H2,1-4H3. The molecule has 1 nitrogen and oxygen atoms in total. The highest BCUT2D eigenvalue weighted by Crippen LogP contribution is 2.29. The second-order valence-corrected chi connectivity index (χ2v) is 6.48. The predicted molar refractivity (Wildman–Crippen MR) is 95.0 cm³/mol. The fraction of sp³-hybridized carbons (Fsp3) is 0.368. The third-order valence-corrected chi connectivity index (χ3v) is 5.15. The highest BCUT2D eigenvalue weighted by Gasteiger charge is 2.14. The zero-order chi connectivity index (χ0) is 15.4. The molecular weight excluding hydrogens is 322 g/mol. The Morgan fingerprint density at radius 1 is 1.05 bits per heavy atom. The second-order valence-electron chi connectivity index (χ2n) is 5.69. The lowest BCUT2D eigenvalue weighted by Crippen LogP contribution is -2.18. The van der Waals surface area contributed by atoms with Gasteiger partial charge in [0.1, 0.15) is 0 Å². The fourth-order valence-electron chi connectivity index (χ4n) is 2.89. The largest absolute Gasteiger partial charge is 0.309 e. The van der Waals surface area contributed by atoms with Crippen LogP contribution in [0.5, 0.6) is 0 Å². The Hall–Kier alpha value is -1.12. The Kier molecular flexibility index (Phi) is 5.60. The summed E-state index contributed by atoms with van der Waals surface area (Å²) < 4.78 is 1.21. The van der Waals surface area contributed by atoms with Gasteiger partial charge in [-0.25, -0.2) is 0 Å². The van der Waals surface area contributed by atoms with Gasteiger partial charge in [-0.1, -0.05) is 65.7 Å². The van der Waals surface area contributed by atoms with Gasteiger partial charge in [-0.05, 0) is 55.1 Å². The van der Waals surface area contributed by atoms with Crippen LogP contribution in [-0.2, 0) is 6.42 Å². The van der Waals surface area contributed by atoms with Gasteiger partial charge in [0.2, 0.25) is 0 Å². The van der Waals surface area contributed by atoms with Crippen molar-refractivity contribution in [1.29, 1.82) is 0 Å². The number of hydrogen-bond donors (Lipinski definition) is 1. The molecule has 112 valence electrons. The molecule has 2 aromatic rings. The van der Waals surface area contributed by atoms with Crippen molar-refractivity contribution >= 4 is 15.9 Å². The third kappa shape index (κ3) is 3.75. The van der Waals surface area contributed by atoms with Crippen molar-refractivity contribution in [3.63, 3.8) is 0 Å². The number of rotatable bonds is 5. The molecule has 0 heterocycles. The van der Waals surface area contributed by atoms with Gasteiger partial charge >= 0.3 is 0 Å². The molecule has 2 rings (SSSR count). The molecule has 0 aliphatic heterocycles. The van der Waals surface area contributed by atoms with Crippen molar-refractivity contribution in [2.24, 2.45) is 0 Å². The minimum atomic E-state index is 0.243. The summed E-state index contributed by atoms with van der Waals surface area (Å²) in [5.74, 6) is 0. The molecule has 0 saturated carbocycles. The van der Waals surface area contributed by atoms with E-state index >= 15 is 0 Å². The molecule has 0 amide bonds. The first kappa shape index (κ1) is 16.3. The highest BCUT2D eigenvalue weighted by atomic mass is 79.9. The molecule has 1 atom stereocenters. The van der Waals surface area contributed by atoms with Gasteiger partial charge in [-0.2, -0.15) is 0 Å². The van der Waals surface area contributed by atoms with Crippen LogP contribution in [-0.4, -0.2) is 7.05 Å². The molecule has 0 aliphatic rings. The SMILES string of the molecule is CCCc1cccc(C(NC)c2cc(C)c(Br)c(C)c2)c1. The van der Waals surface area contributed by atoms with Gasteiger partial charge < -0.3 is 5.32 Å². The topological polar surface area (TPSA) is 12.0 Å². The van der Waals surface area contributed by atoms with E-state index < -0.39 is 0 Å². The minimum Gasteiger partial charge on any atom is -0.309 e. The molecule has 0 spiro atoms. The first-order valence-corrected chi connectivity index (χ1v) is 8.38. The first-order chi connectivity index (χ1) is 10.1. The molecule has 1 N–H and O–H groups in total. The van der Waals surface area contributed by atoms with E-state index in [4.69, 9.17) is 0 Å². The maximum Gasteiger partial charge on any atom is 0.0574 e. The van der Waals surface area contributed by atoms with E-state index in [9.17, 15) is 0 Å². The lowest BCUT2D eigenvalue weighted by atomic mass is 9.94. The maximum absolute atomic E-state index is 3.65. The van der Waals surface area contributed by atoms with Crippen LogP contribution in [0.2, 0.25) is 0 Å². The number of aryl methyl sites for hydroxylation is 3. The lowest BCUT2D eigenvalue weighted by Gasteiger charge is -2.20. The van der Waals surface area contributed by atoms with Crippen molar-refractivity contribution in [2.45, 2.75) is 39.7 Å². The molecular formula is C19H24BrN. The highest BCUT2D eigenvalue weighted by molar-refractivity contribution is 9.10. The Morgan fingerprint density at radius 2 is 1.71 bits per heavy atom. The van der Waals surface area contributed by atoms with Gasteiger partial charge in [0.15, 0.2) is 0 Å². The second kappa shape index (κ2) is 7.24. The summed E-state index contributed by atoms with van der Waals surface area (Å²) in [5, 5.41) is 3.46. The summed E-state index contributed by atoms with van der Waals surface area (Å²) in [5.41, 5.74) is 6.65. The summed E-state index contributed by atoms with van der Waals surface area (Å²) in [6.07, 6.45) is 2.33. The van der Waals surface area contributed by atoms with Crippen LogP contribution in [0.25, 0.3) is 0 Å². The monoisotopic (exact) mass is 345 g/mol. The van der Waals surface area contributed by atoms with Crippen LogP contribution in [0, 0.1) is 13.8 Å². The van der Waals surface area contributed by atoms with Crippen molar-refractivity contribution in [3.8, 4) is 0 Å². The summed E-state index contributed by atoms with van der Waals surface area (Å²) in [6, 6.07) is 13.7. The third-order valence-electron chi connectivity index (χ3n) is 3.90. The van der Waals surface area contributed by atoms with Gasteiger partial charge in [0.05, 0.1) is 6.04 Å². The van der Waals surface area contributed by atoms with E-state index in [0.717, 1.165) is 6.42 Å². The minimum absolute atomic E-state index is 0.243. The predicted octanol–water partition coefficient (Wildman–Crippen LogP) is 5.33. The van der Waals surface area contributed by atoms with E-state index in [-0.39, 0.29) is 6.04 Å². The van der Waals surface area contributed by atoms with E-state index in [1.807, 2.05) is 7.05 Å². The van der Waals surface area contributed by atoms with Crippen molar-refractivity contribution in [1.82, 2.24) is 5.32 Å². The van der Waals surface area contributed by atoms with Gasteiger partial charge in [0, 0.05) is 4.47 Å². The molecule has 0 aliphatic carbocycles. The lowest BCUT2D eigenvalue weighted by molar-refractivity contribution is 0.689. The molecule has 0 aromatic heterocycles. The zero-order valence-corrected chi connectivity index (χ0v) is 14.9. The summed E-state index contributed by atoms with van der Waals surface area (Å²) in [6.45, 7) is 6.53. The Labute approximate surface area is 136 Å². The molecule has 21 heavy (non-hydrogen) atoms. The molecule has 1 unspecified atom stereocenters. The van der Waals surface area contributed by atoms with Crippen LogP contribution in [0.1, 0.15) is 47.2 Å². The normalized spacial score (nSPS) is 12.4. The first-order valence-electron chi connectivity index (χ1n) is 7.59. The summed E-state index contributed by atoms with van der Waals surface area (Å²) >= 11 is 3.65. The summed E-state index contributed by atoms with van der Waals surface area (Å²) in [7, 11) is 2.03. The molecule has 0 fully saturated rings. The number of halogens is 1. The van der Waals surface area contributed by atoms with Gasteiger partial charge in [-0.3, -0.25) is 0 Å². The molecule has 0 saturated heterocycles. The Morgan fingerprint density at radius 3 is 2.29 bits per heavy atom. The quantitative estimate of drug-likeness (QED) is 0.772. The van der Waals surface area contributed by atoms with Crippen LogP contribution >= 0.6 is 15.9 Å². The van der Waals surface area contributed by atoms with Crippen LogP contribution in [0.3, 0.4) is 0 Å². The van der Waals surface area contributed by atoms with E-state index in [1.165, 1.54) is 38.7 Å². The van der Waals surface area contributed by atoms with Gasteiger partial charge in [-0.15, -0.1) is 0 Å². The number of nitrogens with one attached hydrogen (secondary N) is 1. The zero-order valence-electron chi connectivity index (χ0n) is 13.3. The van der Waals surface area contributed by atoms with E-state index in [0.29, 0.717) is 0 Å². The fourth-order valence-corrected chi connectivity index (χ4v) is 3.12. The Bertz CT molecular complexity index is 596. The Balaban J connectivity index is 2.42. The van der Waals surface area contributed by atoms with Crippen LogP contribution in [0.15, 0.2) is 40.9 Å². The average Bonchev–Trinajstić information content (AvgIpc) is 2.46. The van der Waals surface area contributed by atoms with Crippen molar-refractivity contribution in [3.05, 3.63) is 68.7 Å². The molecule has 0 radical (unpaired) electrons. The van der Waals surface area contributed by atoms with E-state index in [1.54, 1.807) is 0 Å².